The molecule has 0 heterocycles. The van der Waals surface area contributed by atoms with Gasteiger partial charge in [-0.25, -0.2) is 14.4 Å². The highest BCUT2D eigenvalue weighted by Crippen LogP contribution is 2.33. The first-order valence-electron chi connectivity index (χ1n) is 16.6. The Bertz CT molecular complexity index is 1720. The topological polar surface area (TPSA) is 88.1 Å². The lowest BCUT2D eigenvalue weighted by Gasteiger charge is -2.15. The summed E-state index contributed by atoms with van der Waals surface area (Å²) in [6.07, 6.45) is 4.35. The molecule has 0 unspecified atom stereocenters. The van der Waals surface area contributed by atoms with Crippen LogP contribution in [0, 0.1) is 5.92 Å². The second kappa shape index (κ2) is 18.4. The molecule has 0 amide bonds. The molecule has 0 aliphatic carbocycles. The summed E-state index contributed by atoms with van der Waals surface area (Å²) in [5.74, 6) is -0.575. The second-order valence-corrected chi connectivity index (χ2v) is 12.7. The Morgan fingerprint density at radius 2 is 1.35 bits per heavy atom. The molecule has 4 rings (SSSR count). The van der Waals surface area contributed by atoms with Gasteiger partial charge in [0.05, 0.1) is 34.4 Å². The molecule has 9 heteroatoms. The number of ether oxygens (including phenoxy) is 4. The summed E-state index contributed by atoms with van der Waals surface area (Å²) in [6.45, 7) is 8.55. The predicted molar refractivity (Wildman–Crippen MR) is 194 cm³/mol. The van der Waals surface area contributed by atoms with Crippen LogP contribution in [0.2, 0.25) is 10.0 Å². The van der Waals surface area contributed by atoms with Crippen molar-refractivity contribution in [1.29, 1.82) is 0 Å². The standard InChI is InChI=1S/C40H42Cl2O7/c1-5-7-8-9-22-46-37-21-18-32(23-36(37)42)28-10-14-31(15-11-28)40(45)49-33-19-20-34(35(41)24-33)29-12-16-30(17-13-29)39(44)48-27(4)38(43)47-25-26(3)6-2/h10-21,23-24,26-27H,5-9,22,25H2,1-4H3/t26-,27-/m0/s1. The maximum absolute atomic E-state index is 12.9. The van der Waals surface area contributed by atoms with E-state index in [0.717, 1.165) is 36.0 Å². The molecule has 0 bridgehead atoms. The quantitative estimate of drug-likeness (QED) is 0.0651. The molecule has 0 aliphatic rings. The van der Waals surface area contributed by atoms with E-state index in [1.54, 1.807) is 54.6 Å². The molecule has 0 saturated carbocycles. The van der Waals surface area contributed by atoms with E-state index >= 15 is 0 Å². The number of halogens is 2. The molecule has 258 valence electrons. The second-order valence-electron chi connectivity index (χ2n) is 11.9. The summed E-state index contributed by atoms with van der Waals surface area (Å²) in [6, 6.07) is 24.3. The van der Waals surface area contributed by atoms with E-state index < -0.39 is 24.0 Å². The molecule has 49 heavy (non-hydrogen) atoms. The van der Waals surface area contributed by atoms with E-state index in [9.17, 15) is 14.4 Å². The van der Waals surface area contributed by atoms with Crippen molar-refractivity contribution in [1.82, 2.24) is 0 Å². The number of rotatable bonds is 16. The van der Waals surface area contributed by atoms with E-state index in [1.165, 1.54) is 19.8 Å². The van der Waals surface area contributed by atoms with Crippen LogP contribution in [0.4, 0.5) is 0 Å². The van der Waals surface area contributed by atoms with Crippen molar-refractivity contribution < 1.29 is 33.3 Å². The average Bonchev–Trinajstić information content (AvgIpc) is 3.11. The van der Waals surface area contributed by atoms with E-state index in [1.807, 2.05) is 44.2 Å². The van der Waals surface area contributed by atoms with Gasteiger partial charge in [0.15, 0.2) is 6.10 Å². The fraction of sp³-hybridized carbons (Fsp3) is 0.325. The van der Waals surface area contributed by atoms with Crippen molar-refractivity contribution in [3.05, 3.63) is 106 Å². The molecule has 2 atom stereocenters. The molecule has 0 radical (unpaired) electrons. The van der Waals surface area contributed by atoms with Gasteiger partial charge < -0.3 is 18.9 Å². The number of carbonyl (C=O) groups excluding carboxylic acids is 3. The van der Waals surface area contributed by atoms with Crippen LogP contribution in [-0.4, -0.2) is 37.2 Å². The minimum atomic E-state index is -1.03. The van der Waals surface area contributed by atoms with Gasteiger partial charge in [-0.05, 0) is 84.5 Å². The monoisotopic (exact) mass is 704 g/mol. The van der Waals surface area contributed by atoms with Gasteiger partial charge in [0.2, 0.25) is 0 Å². The number of carbonyl (C=O) groups is 3. The molecular formula is C40H42Cl2O7. The lowest BCUT2D eigenvalue weighted by atomic mass is 10.0. The van der Waals surface area contributed by atoms with Gasteiger partial charge in [-0.3, -0.25) is 0 Å². The molecule has 0 aromatic heterocycles. The lowest BCUT2D eigenvalue weighted by molar-refractivity contribution is -0.154. The van der Waals surface area contributed by atoms with Crippen molar-refractivity contribution >= 4 is 41.1 Å². The Balaban J connectivity index is 1.32. The third kappa shape index (κ3) is 10.8. The Morgan fingerprint density at radius 1 is 0.694 bits per heavy atom. The van der Waals surface area contributed by atoms with E-state index in [0.29, 0.717) is 33.5 Å². The van der Waals surface area contributed by atoms with Crippen LogP contribution >= 0.6 is 23.2 Å². The van der Waals surface area contributed by atoms with Crippen molar-refractivity contribution in [2.24, 2.45) is 5.92 Å². The van der Waals surface area contributed by atoms with E-state index in [4.69, 9.17) is 42.1 Å². The van der Waals surface area contributed by atoms with Crippen molar-refractivity contribution in [3.8, 4) is 33.8 Å². The SMILES string of the molecule is CCCCCCOc1ccc(-c2ccc(C(=O)Oc3ccc(-c4ccc(C(=O)O[C@@H](C)C(=O)OC[C@@H](C)CC)cc4)c(Cl)c3)cc2)cc1Cl. The van der Waals surface area contributed by atoms with Gasteiger partial charge in [-0.2, -0.15) is 0 Å². The van der Waals surface area contributed by atoms with Gasteiger partial charge in [0.25, 0.3) is 0 Å². The van der Waals surface area contributed by atoms with Crippen LogP contribution in [0.15, 0.2) is 84.9 Å². The zero-order chi connectivity index (χ0) is 35.3. The molecule has 4 aromatic carbocycles. The smallest absolute Gasteiger partial charge is 0.347 e. The van der Waals surface area contributed by atoms with Crippen LogP contribution in [0.25, 0.3) is 22.3 Å². The molecule has 0 spiro atoms. The van der Waals surface area contributed by atoms with E-state index in [-0.39, 0.29) is 23.8 Å². The zero-order valence-corrected chi connectivity index (χ0v) is 29.8. The number of hydrogen-bond acceptors (Lipinski definition) is 7. The van der Waals surface area contributed by atoms with Crippen molar-refractivity contribution in [2.45, 2.75) is 65.9 Å². The average molecular weight is 706 g/mol. The number of esters is 3. The van der Waals surface area contributed by atoms with Crippen molar-refractivity contribution in [2.75, 3.05) is 13.2 Å². The number of unbranched alkanes of at least 4 members (excludes halogenated alkanes) is 3. The zero-order valence-electron chi connectivity index (χ0n) is 28.3. The van der Waals surface area contributed by atoms with Gasteiger partial charge in [0.1, 0.15) is 11.5 Å². The Labute approximate surface area is 298 Å². The van der Waals surface area contributed by atoms with Gasteiger partial charge in [-0.15, -0.1) is 0 Å². The first-order chi connectivity index (χ1) is 23.6. The summed E-state index contributed by atoms with van der Waals surface area (Å²) in [5, 5.41) is 0.898. The molecule has 0 saturated heterocycles. The minimum absolute atomic E-state index is 0.228. The van der Waals surface area contributed by atoms with Crippen LogP contribution in [0.5, 0.6) is 11.5 Å². The Kier molecular flexibility index (Phi) is 14.1. The third-order valence-corrected chi connectivity index (χ3v) is 8.65. The van der Waals surface area contributed by atoms with Gasteiger partial charge in [0, 0.05) is 11.6 Å². The van der Waals surface area contributed by atoms with Crippen LogP contribution in [0.3, 0.4) is 0 Å². The first kappa shape index (κ1) is 37.5. The normalized spacial score (nSPS) is 12.1. The highest BCUT2D eigenvalue weighted by Gasteiger charge is 2.21. The maximum Gasteiger partial charge on any atom is 0.347 e. The summed E-state index contributed by atoms with van der Waals surface area (Å²) >= 11 is 13.0. The van der Waals surface area contributed by atoms with E-state index in [2.05, 4.69) is 6.92 Å². The number of benzene rings is 4. The fourth-order valence-electron chi connectivity index (χ4n) is 4.79. The maximum atomic E-state index is 12.9. The Morgan fingerprint density at radius 3 is 1.98 bits per heavy atom. The molecule has 0 N–H and O–H groups in total. The third-order valence-electron chi connectivity index (χ3n) is 8.05. The minimum Gasteiger partial charge on any atom is -0.492 e. The molecule has 0 fully saturated rings. The van der Waals surface area contributed by atoms with Crippen LogP contribution < -0.4 is 9.47 Å². The molecule has 0 aliphatic heterocycles. The summed E-state index contributed by atoms with van der Waals surface area (Å²) < 4.78 is 21.9. The van der Waals surface area contributed by atoms with Crippen molar-refractivity contribution in [3.63, 3.8) is 0 Å². The van der Waals surface area contributed by atoms with Crippen LogP contribution in [0.1, 0.15) is 80.5 Å². The summed E-state index contributed by atoms with van der Waals surface area (Å²) in [7, 11) is 0. The first-order valence-corrected chi connectivity index (χ1v) is 17.4. The molecule has 7 nitrogen and oxygen atoms in total. The molecule has 4 aromatic rings. The largest absolute Gasteiger partial charge is 0.492 e. The highest BCUT2D eigenvalue weighted by molar-refractivity contribution is 6.33. The number of hydrogen-bond donors (Lipinski definition) is 0. The lowest BCUT2D eigenvalue weighted by Crippen LogP contribution is -2.27. The predicted octanol–water partition coefficient (Wildman–Crippen LogP) is 10.6. The highest BCUT2D eigenvalue weighted by atomic mass is 35.5. The van der Waals surface area contributed by atoms with Gasteiger partial charge >= 0.3 is 17.9 Å². The van der Waals surface area contributed by atoms with Gasteiger partial charge in [-0.1, -0.05) is 100.0 Å². The fourth-order valence-corrected chi connectivity index (χ4v) is 5.30. The summed E-state index contributed by atoms with van der Waals surface area (Å²) in [4.78, 5) is 37.7. The molecular weight excluding hydrogens is 663 g/mol. The summed E-state index contributed by atoms with van der Waals surface area (Å²) in [5.41, 5.74) is 3.88. The Hall–Kier alpha value is -4.33. The van der Waals surface area contributed by atoms with Crippen LogP contribution in [-0.2, 0) is 14.3 Å².